The van der Waals surface area contributed by atoms with Crippen LogP contribution in [0.2, 0.25) is 0 Å². The Morgan fingerprint density at radius 1 is 1.32 bits per heavy atom. The highest BCUT2D eigenvalue weighted by atomic mass is 32.1. The summed E-state index contributed by atoms with van der Waals surface area (Å²) in [6, 6.07) is 10.5. The zero-order valence-corrected chi connectivity index (χ0v) is 12.4. The molecule has 2 atom stereocenters. The van der Waals surface area contributed by atoms with Gasteiger partial charge in [-0.05, 0) is 19.0 Å². The van der Waals surface area contributed by atoms with Crippen LogP contribution in [0.1, 0.15) is 42.3 Å². The van der Waals surface area contributed by atoms with Crippen LogP contribution in [0.15, 0.2) is 35.7 Å². The molecule has 4 heteroatoms. The molecule has 19 heavy (non-hydrogen) atoms. The van der Waals surface area contributed by atoms with E-state index in [1.807, 2.05) is 18.2 Å². The number of nitrogens with zero attached hydrogens (tertiary/aromatic N) is 1. The van der Waals surface area contributed by atoms with E-state index >= 15 is 0 Å². The number of nitrogens with one attached hydrogen (secondary N) is 1. The van der Waals surface area contributed by atoms with Crippen molar-refractivity contribution in [3.63, 3.8) is 0 Å². The summed E-state index contributed by atoms with van der Waals surface area (Å²) in [4.78, 5) is 4.71. The van der Waals surface area contributed by atoms with Gasteiger partial charge >= 0.3 is 0 Å². The van der Waals surface area contributed by atoms with Gasteiger partial charge in [0.05, 0.1) is 5.69 Å². The van der Waals surface area contributed by atoms with Crippen LogP contribution in [0, 0.1) is 0 Å². The topological polar surface area (TPSA) is 34.1 Å². The SMILES string of the molecule is CCNC(C)c1csc(C(OC)c2ccccc2)n1. The van der Waals surface area contributed by atoms with Gasteiger partial charge in [0, 0.05) is 18.5 Å². The average molecular weight is 276 g/mol. The Kier molecular flexibility index (Phi) is 5.07. The monoisotopic (exact) mass is 276 g/mol. The molecule has 0 radical (unpaired) electrons. The molecule has 102 valence electrons. The zero-order valence-electron chi connectivity index (χ0n) is 11.6. The maximum Gasteiger partial charge on any atom is 0.134 e. The van der Waals surface area contributed by atoms with Gasteiger partial charge in [-0.3, -0.25) is 0 Å². The first-order valence-electron chi connectivity index (χ1n) is 6.52. The molecule has 0 aliphatic heterocycles. The molecule has 2 rings (SSSR count). The van der Waals surface area contributed by atoms with Crippen molar-refractivity contribution in [2.45, 2.75) is 26.0 Å². The van der Waals surface area contributed by atoms with Crippen molar-refractivity contribution < 1.29 is 4.74 Å². The summed E-state index contributed by atoms with van der Waals surface area (Å²) in [6.45, 7) is 5.18. The minimum atomic E-state index is -0.0752. The smallest absolute Gasteiger partial charge is 0.134 e. The van der Waals surface area contributed by atoms with Gasteiger partial charge in [0.2, 0.25) is 0 Å². The Bertz CT molecular complexity index is 498. The number of methoxy groups -OCH3 is 1. The first kappa shape index (κ1) is 14.2. The molecule has 1 N–H and O–H groups in total. The molecule has 0 aliphatic carbocycles. The van der Waals surface area contributed by atoms with E-state index in [2.05, 4.69) is 36.7 Å². The fourth-order valence-corrected chi connectivity index (χ4v) is 3.05. The van der Waals surface area contributed by atoms with Crippen molar-refractivity contribution in [2.24, 2.45) is 0 Å². The highest BCUT2D eigenvalue weighted by Gasteiger charge is 2.18. The second kappa shape index (κ2) is 6.80. The summed E-state index contributed by atoms with van der Waals surface area (Å²) in [7, 11) is 1.73. The van der Waals surface area contributed by atoms with Crippen molar-refractivity contribution in [1.82, 2.24) is 10.3 Å². The fraction of sp³-hybridized carbons (Fsp3) is 0.400. The van der Waals surface area contributed by atoms with E-state index in [-0.39, 0.29) is 12.1 Å². The average Bonchev–Trinajstić information content (AvgIpc) is 2.91. The van der Waals surface area contributed by atoms with Crippen LogP contribution in [0.25, 0.3) is 0 Å². The molecule has 1 aromatic heterocycles. The molecule has 0 bridgehead atoms. The molecule has 2 unspecified atom stereocenters. The van der Waals surface area contributed by atoms with Crippen molar-refractivity contribution >= 4 is 11.3 Å². The van der Waals surface area contributed by atoms with E-state index in [1.54, 1.807) is 18.4 Å². The standard InChI is InChI=1S/C15H20N2OS/c1-4-16-11(2)13-10-19-15(17-13)14(18-3)12-8-6-5-7-9-12/h5-11,14,16H,4H2,1-3H3. The molecule has 2 aromatic rings. The predicted molar refractivity (Wildman–Crippen MR) is 79.5 cm³/mol. The largest absolute Gasteiger partial charge is 0.370 e. The van der Waals surface area contributed by atoms with E-state index in [9.17, 15) is 0 Å². The quantitative estimate of drug-likeness (QED) is 0.876. The summed E-state index contributed by atoms with van der Waals surface area (Å²) >= 11 is 1.66. The molecule has 0 aliphatic rings. The van der Waals surface area contributed by atoms with E-state index in [0.717, 1.165) is 22.8 Å². The summed E-state index contributed by atoms with van der Waals surface area (Å²) in [5.41, 5.74) is 2.22. The summed E-state index contributed by atoms with van der Waals surface area (Å²) in [5.74, 6) is 0. The van der Waals surface area contributed by atoms with Crippen molar-refractivity contribution in [3.05, 3.63) is 52.0 Å². The number of ether oxygens (including phenoxy) is 1. The Balaban J connectivity index is 2.21. The van der Waals surface area contributed by atoms with Gasteiger partial charge < -0.3 is 10.1 Å². The van der Waals surface area contributed by atoms with Crippen molar-refractivity contribution in [2.75, 3.05) is 13.7 Å². The lowest BCUT2D eigenvalue weighted by Crippen LogP contribution is -2.18. The first-order valence-corrected chi connectivity index (χ1v) is 7.40. The highest BCUT2D eigenvalue weighted by Crippen LogP contribution is 2.29. The minimum absolute atomic E-state index is 0.0752. The van der Waals surface area contributed by atoms with E-state index < -0.39 is 0 Å². The molecule has 1 heterocycles. The third-order valence-corrected chi connectivity index (χ3v) is 3.96. The lowest BCUT2D eigenvalue weighted by Gasteiger charge is -2.13. The Labute approximate surface area is 118 Å². The van der Waals surface area contributed by atoms with Gasteiger partial charge in [0.1, 0.15) is 11.1 Å². The fourth-order valence-electron chi connectivity index (χ4n) is 2.04. The van der Waals surface area contributed by atoms with Crippen LogP contribution in [0.5, 0.6) is 0 Å². The minimum Gasteiger partial charge on any atom is -0.370 e. The van der Waals surface area contributed by atoms with Crippen LogP contribution in [0.3, 0.4) is 0 Å². The van der Waals surface area contributed by atoms with E-state index in [0.29, 0.717) is 0 Å². The lowest BCUT2D eigenvalue weighted by atomic mass is 10.1. The maximum absolute atomic E-state index is 5.60. The number of hydrogen-bond acceptors (Lipinski definition) is 4. The number of benzene rings is 1. The van der Waals surface area contributed by atoms with Gasteiger partial charge in [-0.2, -0.15) is 0 Å². The Hall–Kier alpha value is -1.23. The second-order valence-corrected chi connectivity index (χ2v) is 5.31. The van der Waals surface area contributed by atoms with Crippen molar-refractivity contribution in [3.8, 4) is 0 Å². The molecule has 1 aromatic carbocycles. The summed E-state index contributed by atoms with van der Waals surface area (Å²) in [6.07, 6.45) is -0.0752. The molecular weight excluding hydrogens is 256 g/mol. The zero-order chi connectivity index (χ0) is 13.7. The van der Waals surface area contributed by atoms with Gasteiger partial charge in [-0.25, -0.2) is 4.98 Å². The lowest BCUT2D eigenvalue weighted by molar-refractivity contribution is 0.136. The van der Waals surface area contributed by atoms with Crippen molar-refractivity contribution in [1.29, 1.82) is 0 Å². The number of hydrogen-bond donors (Lipinski definition) is 1. The van der Waals surface area contributed by atoms with E-state index in [4.69, 9.17) is 9.72 Å². The third kappa shape index (κ3) is 3.41. The molecule has 0 saturated carbocycles. The molecular formula is C15H20N2OS. The summed E-state index contributed by atoms with van der Waals surface area (Å²) in [5, 5.41) is 6.49. The third-order valence-electron chi connectivity index (χ3n) is 3.06. The number of rotatable bonds is 6. The highest BCUT2D eigenvalue weighted by molar-refractivity contribution is 7.09. The molecule has 0 amide bonds. The second-order valence-electron chi connectivity index (χ2n) is 4.42. The number of aromatic nitrogens is 1. The predicted octanol–water partition coefficient (Wildman–Crippen LogP) is 3.55. The molecule has 0 spiro atoms. The normalized spacial score (nSPS) is 14.3. The van der Waals surface area contributed by atoms with Crippen LogP contribution < -0.4 is 5.32 Å². The van der Waals surface area contributed by atoms with Gasteiger partial charge in [-0.1, -0.05) is 37.3 Å². The van der Waals surface area contributed by atoms with Crippen LogP contribution in [-0.2, 0) is 4.74 Å². The van der Waals surface area contributed by atoms with Crippen LogP contribution >= 0.6 is 11.3 Å². The Morgan fingerprint density at radius 2 is 2.05 bits per heavy atom. The van der Waals surface area contributed by atoms with Gasteiger partial charge in [0.25, 0.3) is 0 Å². The maximum atomic E-state index is 5.60. The number of thiazole rings is 1. The van der Waals surface area contributed by atoms with Crippen LogP contribution in [0.4, 0.5) is 0 Å². The molecule has 3 nitrogen and oxygen atoms in total. The Morgan fingerprint density at radius 3 is 2.68 bits per heavy atom. The van der Waals surface area contributed by atoms with Gasteiger partial charge in [0.15, 0.2) is 0 Å². The molecule has 0 saturated heterocycles. The summed E-state index contributed by atoms with van der Waals surface area (Å²) < 4.78 is 5.60. The van der Waals surface area contributed by atoms with Gasteiger partial charge in [-0.15, -0.1) is 11.3 Å². The van der Waals surface area contributed by atoms with Crippen LogP contribution in [-0.4, -0.2) is 18.6 Å². The van der Waals surface area contributed by atoms with E-state index in [1.165, 1.54) is 0 Å². The molecule has 0 fully saturated rings. The first-order chi connectivity index (χ1) is 9.26.